The summed E-state index contributed by atoms with van der Waals surface area (Å²) < 4.78 is 38.7. The molecule has 1 aliphatic rings. The Kier molecular flexibility index (Phi) is 6.66. The Labute approximate surface area is 141 Å². The predicted molar refractivity (Wildman–Crippen MR) is 87.6 cm³/mol. The number of carbonyl (C=O) groups is 1. The molecule has 6 heteroatoms. The normalized spacial score (nSPS) is 19.2. The molecule has 0 saturated carbocycles. The zero-order valence-electron chi connectivity index (χ0n) is 14.0. The van der Waals surface area contributed by atoms with E-state index < -0.39 is 11.7 Å². The minimum absolute atomic E-state index is 0.0762. The summed E-state index contributed by atoms with van der Waals surface area (Å²) in [5.41, 5.74) is -0.399. The number of likely N-dealkylation sites (tertiary alicyclic amines) is 1. The van der Waals surface area contributed by atoms with Gasteiger partial charge in [-0.25, -0.2) is 0 Å². The number of nitrogens with zero attached hydrogens (tertiary/aromatic N) is 1. The summed E-state index contributed by atoms with van der Waals surface area (Å²) in [4.78, 5) is 14.2. The lowest BCUT2D eigenvalue weighted by Crippen LogP contribution is -2.33. The van der Waals surface area contributed by atoms with Crippen molar-refractivity contribution in [2.24, 2.45) is 5.92 Å². The molecule has 1 aromatic carbocycles. The summed E-state index contributed by atoms with van der Waals surface area (Å²) in [7, 11) is 2.09. The monoisotopic (exact) mass is 342 g/mol. The quantitative estimate of drug-likeness (QED) is 0.858. The first-order valence-corrected chi connectivity index (χ1v) is 8.46. The molecule has 1 saturated heterocycles. The van der Waals surface area contributed by atoms with Crippen molar-refractivity contribution in [3.8, 4) is 0 Å². The van der Waals surface area contributed by atoms with Crippen LogP contribution in [-0.2, 0) is 17.4 Å². The number of hydrogen-bond donors (Lipinski definition) is 1. The van der Waals surface area contributed by atoms with E-state index in [-0.39, 0.29) is 24.4 Å². The summed E-state index contributed by atoms with van der Waals surface area (Å²) in [6, 6.07) is 5.52. The Balaban J connectivity index is 1.73. The number of rotatable bonds is 6. The number of piperidine rings is 1. The average molecular weight is 342 g/mol. The Morgan fingerprint density at radius 3 is 2.79 bits per heavy atom. The van der Waals surface area contributed by atoms with Crippen LogP contribution >= 0.6 is 0 Å². The lowest BCUT2D eigenvalue weighted by Gasteiger charge is -2.29. The van der Waals surface area contributed by atoms with Crippen molar-refractivity contribution in [2.45, 2.75) is 38.3 Å². The molecular weight excluding hydrogens is 317 g/mol. The highest BCUT2D eigenvalue weighted by Crippen LogP contribution is 2.31. The van der Waals surface area contributed by atoms with Gasteiger partial charge < -0.3 is 10.2 Å². The molecule has 0 bridgehead atoms. The Hall–Kier alpha value is -1.56. The van der Waals surface area contributed by atoms with Crippen LogP contribution in [0.25, 0.3) is 0 Å². The molecule has 2 rings (SSSR count). The number of hydrogen-bond acceptors (Lipinski definition) is 2. The number of benzene rings is 1. The molecule has 0 aliphatic carbocycles. The maximum atomic E-state index is 12.9. The molecule has 1 heterocycles. The predicted octanol–water partition coefficient (Wildman–Crippen LogP) is 3.49. The summed E-state index contributed by atoms with van der Waals surface area (Å²) in [6.45, 7) is 2.37. The maximum absolute atomic E-state index is 12.9. The zero-order chi connectivity index (χ0) is 17.6. The van der Waals surface area contributed by atoms with Crippen LogP contribution < -0.4 is 5.32 Å². The zero-order valence-corrected chi connectivity index (χ0v) is 14.0. The van der Waals surface area contributed by atoms with Crippen LogP contribution in [0.3, 0.4) is 0 Å². The summed E-state index contributed by atoms with van der Waals surface area (Å²) in [5, 5.41) is 2.74. The van der Waals surface area contributed by atoms with Gasteiger partial charge in [0.2, 0.25) is 5.91 Å². The van der Waals surface area contributed by atoms with E-state index in [2.05, 4.69) is 17.3 Å². The molecule has 24 heavy (non-hydrogen) atoms. The van der Waals surface area contributed by atoms with E-state index in [9.17, 15) is 18.0 Å². The van der Waals surface area contributed by atoms with Crippen molar-refractivity contribution < 1.29 is 18.0 Å². The third-order valence-corrected chi connectivity index (χ3v) is 4.54. The third-order valence-electron chi connectivity index (χ3n) is 4.54. The van der Waals surface area contributed by atoms with Gasteiger partial charge in [0, 0.05) is 19.5 Å². The van der Waals surface area contributed by atoms with E-state index in [1.54, 1.807) is 6.07 Å². The van der Waals surface area contributed by atoms with Crippen molar-refractivity contribution in [1.29, 1.82) is 0 Å². The highest BCUT2D eigenvalue weighted by Gasteiger charge is 2.32. The smallest absolute Gasteiger partial charge is 0.356 e. The van der Waals surface area contributed by atoms with Crippen LogP contribution in [0.5, 0.6) is 0 Å². The van der Waals surface area contributed by atoms with E-state index in [4.69, 9.17) is 0 Å². The molecule has 1 N–H and O–H groups in total. The third kappa shape index (κ3) is 5.82. The van der Waals surface area contributed by atoms with Gasteiger partial charge in [-0.2, -0.15) is 13.2 Å². The lowest BCUT2D eigenvalue weighted by molar-refractivity contribution is -0.138. The second-order valence-electron chi connectivity index (χ2n) is 6.56. The topological polar surface area (TPSA) is 32.3 Å². The van der Waals surface area contributed by atoms with Crippen LogP contribution in [0.15, 0.2) is 24.3 Å². The summed E-state index contributed by atoms with van der Waals surface area (Å²) >= 11 is 0. The molecular formula is C18H25F3N2O. The van der Waals surface area contributed by atoms with Crippen LogP contribution in [0.2, 0.25) is 0 Å². The Morgan fingerprint density at radius 1 is 1.33 bits per heavy atom. The number of amides is 1. The Morgan fingerprint density at radius 2 is 2.08 bits per heavy atom. The second-order valence-corrected chi connectivity index (χ2v) is 6.56. The first kappa shape index (κ1) is 18.8. The first-order valence-electron chi connectivity index (χ1n) is 8.46. The largest absolute Gasteiger partial charge is 0.416 e. The molecule has 134 valence electrons. The van der Waals surface area contributed by atoms with Gasteiger partial charge in [-0.15, -0.1) is 0 Å². The van der Waals surface area contributed by atoms with E-state index >= 15 is 0 Å². The fraction of sp³-hybridized carbons (Fsp3) is 0.611. The molecule has 0 aromatic heterocycles. The molecule has 0 spiro atoms. The molecule has 1 amide bonds. The maximum Gasteiger partial charge on any atom is 0.416 e. The molecule has 1 fully saturated rings. The number of nitrogens with one attached hydrogen (secondary N) is 1. The number of carbonyl (C=O) groups excluding carboxylic acids is 1. The average Bonchev–Trinajstić information content (AvgIpc) is 2.52. The highest BCUT2D eigenvalue weighted by atomic mass is 19.4. The van der Waals surface area contributed by atoms with Crippen molar-refractivity contribution in [3.05, 3.63) is 35.4 Å². The standard InChI is InChI=1S/C18H25F3N2O/c1-23-12-4-5-14(13-23)8-9-17(24)22-11-10-15-6-2-3-7-16(15)18(19,20)21/h2-3,6-7,14H,4-5,8-13H2,1H3,(H,22,24)/t14-/m1/s1. The van der Waals surface area contributed by atoms with Crippen LogP contribution in [0.1, 0.15) is 36.8 Å². The van der Waals surface area contributed by atoms with E-state index in [1.807, 2.05) is 0 Å². The van der Waals surface area contributed by atoms with Crippen molar-refractivity contribution in [1.82, 2.24) is 10.2 Å². The van der Waals surface area contributed by atoms with Crippen molar-refractivity contribution in [3.63, 3.8) is 0 Å². The van der Waals surface area contributed by atoms with Crippen molar-refractivity contribution >= 4 is 5.91 Å². The number of halogens is 3. The van der Waals surface area contributed by atoms with Gasteiger partial charge in [0.15, 0.2) is 0 Å². The molecule has 1 atom stereocenters. The van der Waals surface area contributed by atoms with E-state index in [0.29, 0.717) is 12.3 Å². The SMILES string of the molecule is CN1CCC[C@H](CCC(=O)NCCc2ccccc2C(F)(F)F)C1. The molecule has 1 aromatic rings. The molecule has 0 radical (unpaired) electrons. The fourth-order valence-electron chi connectivity index (χ4n) is 3.28. The first-order chi connectivity index (χ1) is 11.4. The van der Waals surface area contributed by atoms with Crippen LogP contribution in [0.4, 0.5) is 13.2 Å². The number of alkyl halides is 3. The van der Waals surface area contributed by atoms with Crippen molar-refractivity contribution in [2.75, 3.05) is 26.7 Å². The van der Waals surface area contributed by atoms with Gasteiger partial charge in [0.05, 0.1) is 5.56 Å². The minimum Gasteiger partial charge on any atom is -0.356 e. The second kappa shape index (κ2) is 8.51. The summed E-state index contributed by atoms with van der Waals surface area (Å²) in [5.74, 6) is 0.466. The van der Waals surface area contributed by atoms with Gasteiger partial charge in [0.1, 0.15) is 0 Å². The fourth-order valence-corrected chi connectivity index (χ4v) is 3.28. The highest BCUT2D eigenvalue weighted by molar-refractivity contribution is 5.75. The van der Waals surface area contributed by atoms with Gasteiger partial charge in [0.25, 0.3) is 0 Å². The van der Waals surface area contributed by atoms with Crippen LogP contribution in [-0.4, -0.2) is 37.5 Å². The van der Waals surface area contributed by atoms with Gasteiger partial charge >= 0.3 is 6.18 Å². The van der Waals surface area contributed by atoms with Gasteiger partial charge in [-0.05, 0) is 56.8 Å². The summed E-state index contributed by atoms with van der Waals surface area (Å²) in [6.07, 6.45) is -0.566. The van der Waals surface area contributed by atoms with E-state index in [1.165, 1.54) is 12.1 Å². The van der Waals surface area contributed by atoms with Gasteiger partial charge in [-0.3, -0.25) is 4.79 Å². The Bertz CT molecular complexity index is 545. The lowest BCUT2D eigenvalue weighted by atomic mass is 9.93. The van der Waals surface area contributed by atoms with Gasteiger partial charge in [-0.1, -0.05) is 18.2 Å². The molecule has 3 nitrogen and oxygen atoms in total. The van der Waals surface area contributed by atoms with E-state index in [0.717, 1.165) is 38.4 Å². The molecule has 1 aliphatic heterocycles. The van der Waals surface area contributed by atoms with Crippen LogP contribution in [0, 0.1) is 5.92 Å². The molecule has 0 unspecified atom stereocenters. The minimum atomic E-state index is -4.35.